The number of nitrogens with zero attached hydrogens (tertiary/aromatic N) is 4. The van der Waals surface area contributed by atoms with E-state index in [0.717, 1.165) is 6.42 Å². The van der Waals surface area contributed by atoms with Gasteiger partial charge in [-0.2, -0.15) is 4.98 Å². The number of pyridine rings is 1. The number of hydrogen-bond donors (Lipinski definition) is 4. The molecule has 3 aromatic rings. The first kappa shape index (κ1) is 26.0. The molecule has 2 aromatic heterocycles. The standard InChI is InChI=1S/C25H28ClN7O4/c1-14(2)33-13-18(10-19(23(33)35)15-5-7-16(26)8-6-15)29-22-20(21(27)34)11-28-24(31-22)32-9-3-4-17(12-32)30-25(36)37/h5-8,10-11,13-14,17,30H,3-4,9,12H2,1-2H3,(H2,27,34)(H,36,37)(H,28,29,31). The fraction of sp³-hybridized carbons (Fsp3) is 0.320. The Labute approximate surface area is 218 Å². The monoisotopic (exact) mass is 525 g/mol. The van der Waals surface area contributed by atoms with Crippen molar-refractivity contribution in [3.63, 3.8) is 0 Å². The van der Waals surface area contributed by atoms with Gasteiger partial charge in [-0.15, -0.1) is 0 Å². The van der Waals surface area contributed by atoms with Crippen molar-refractivity contribution in [3.8, 4) is 11.1 Å². The lowest BCUT2D eigenvalue weighted by molar-refractivity contribution is 0.100. The summed E-state index contributed by atoms with van der Waals surface area (Å²) in [6, 6.07) is 8.24. The maximum absolute atomic E-state index is 13.2. The topological polar surface area (TPSA) is 155 Å². The molecule has 2 amide bonds. The van der Waals surface area contributed by atoms with Gasteiger partial charge in [-0.1, -0.05) is 23.7 Å². The number of aromatic nitrogens is 3. The van der Waals surface area contributed by atoms with Gasteiger partial charge >= 0.3 is 6.09 Å². The summed E-state index contributed by atoms with van der Waals surface area (Å²) in [5.74, 6) is -0.199. The number of amides is 2. The summed E-state index contributed by atoms with van der Waals surface area (Å²) in [7, 11) is 0. The van der Waals surface area contributed by atoms with E-state index < -0.39 is 12.0 Å². The van der Waals surface area contributed by atoms with Crippen molar-refractivity contribution < 1.29 is 14.7 Å². The molecule has 0 aliphatic carbocycles. The largest absolute Gasteiger partial charge is 0.465 e. The van der Waals surface area contributed by atoms with E-state index in [4.69, 9.17) is 22.4 Å². The van der Waals surface area contributed by atoms with Crippen molar-refractivity contribution in [2.24, 2.45) is 5.73 Å². The molecule has 1 atom stereocenters. The molecule has 1 aromatic carbocycles. The molecule has 0 bridgehead atoms. The van der Waals surface area contributed by atoms with Crippen LogP contribution in [0, 0.1) is 0 Å². The molecule has 3 heterocycles. The normalized spacial score (nSPS) is 15.5. The number of rotatable bonds is 7. The Balaban J connectivity index is 1.73. The Morgan fingerprint density at radius 2 is 1.97 bits per heavy atom. The van der Waals surface area contributed by atoms with Crippen LogP contribution in [-0.2, 0) is 0 Å². The molecule has 1 saturated heterocycles. The second-order valence-electron chi connectivity index (χ2n) is 9.11. The highest BCUT2D eigenvalue weighted by Gasteiger charge is 2.24. The van der Waals surface area contributed by atoms with Gasteiger partial charge in [0.15, 0.2) is 0 Å². The summed E-state index contributed by atoms with van der Waals surface area (Å²) < 4.78 is 1.59. The quantitative estimate of drug-likeness (QED) is 0.364. The highest BCUT2D eigenvalue weighted by molar-refractivity contribution is 6.30. The van der Waals surface area contributed by atoms with E-state index in [0.29, 0.717) is 47.3 Å². The van der Waals surface area contributed by atoms with Gasteiger partial charge in [-0.25, -0.2) is 9.78 Å². The highest BCUT2D eigenvalue weighted by Crippen LogP contribution is 2.26. The van der Waals surface area contributed by atoms with Crippen LogP contribution in [0.4, 0.5) is 22.2 Å². The highest BCUT2D eigenvalue weighted by atomic mass is 35.5. The molecule has 5 N–H and O–H groups in total. The van der Waals surface area contributed by atoms with E-state index in [9.17, 15) is 14.4 Å². The summed E-state index contributed by atoms with van der Waals surface area (Å²) in [5, 5.41) is 15.3. The van der Waals surface area contributed by atoms with Crippen LogP contribution < -0.4 is 26.8 Å². The third-order valence-electron chi connectivity index (χ3n) is 6.09. The lowest BCUT2D eigenvalue weighted by Gasteiger charge is -2.32. The van der Waals surface area contributed by atoms with Gasteiger partial charge in [0.2, 0.25) is 5.95 Å². The van der Waals surface area contributed by atoms with Crippen LogP contribution in [-0.4, -0.2) is 50.8 Å². The van der Waals surface area contributed by atoms with Crippen LogP contribution in [0.3, 0.4) is 0 Å². The molecule has 37 heavy (non-hydrogen) atoms. The third-order valence-corrected chi connectivity index (χ3v) is 6.34. The summed E-state index contributed by atoms with van der Waals surface area (Å²) in [6.45, 7) is 4.81. The minimum Gasteiger partial charge on any atom is -0.465 e. The molecule has 194 valence electrons. The van der Waals surface area contributed by atoms with Crippen molar-refractivity contribution in [1.82, 2.24) is 19.9 Å². The second-order valence-corrected chi connectivity index (χ2v) is 9.55. The number of piperidine rings is 1. The minimum atomic E-state index is -1.09. The first-order valence-corrected chi connectivity index (χ1v) is 12.2. The lowest BCUT2D eigenvalue weighted by atomic mass is 10.1. The number of anilines is 3. The van der Waals surface area contributed by atoms with Crippen LogP contribution in [0.25, 0.3) is 11.1 Å². The van der Waals surface area contributed by atoms with Crippen LogP contribution in [0.1, 0.15) is 43.1 Å². The third kappa shape index (κ3) is 6.00. The van der Waals surface area contributed by atoms with Gasteiger partial charge in [-0.3, -0.25) is 9.59 Å². The number of halogens is 1. The molecule has 0 spiro atoms. The zero-order valence-electron chi connectivity index (χ0n) is 20.4. The molecule has 1 aliphatic rings. The molecule has 0 saturated carbocycles. The van der Waals surface area contributed by atoms with Gasteiger partial charge in [0.25, 0.3) is 11.5 Å². The lowest BCUT2D eigenvalue weighted by Crippen LogP contribution is -2.48. The Kier molecular flexibility index (Phi) is 7.63. The smallest absolute Gasteiger partial charge is 0.404 e. The average Bonchev–Trinajstić information content (AvgIpc) is 2.85. The van der Waals surface area contributed by atoms with Crippen molar-refractivity contribution in [3.05, 3.63) is 63.7 Å². The zero-order chi connectivity index (χ0) is 26.7. The van der Waals surface area contributed by atoms with Crippen LogP contribution in [0.5, 0.6) is 0 Å². The predicted molar refractivity (Wildman–Crippen MR) is 142 cm³/mol. The summed E-state index contributed by atoms with van der Waals surface area (Å²) in [5.41, 5.74) is 7.16. The number of carboxylic acid groups (broad SMARTS) is 1. The fourth-order valence-corrected chi connectivity index (χ4v) is 4.40. The van der Waals surface area contributed by atoms with Crippen molar-refractivity contribution >= 4 is 41.1 Å². The molecular formula is C25H28ClN7O4. The number of carbonyl (C=O) groups excluding carboxylic acids is 1. The maximum Gasteiger partial charge on any atom is 0.404 e. The van der Waals surface area contributed by atoms with E-state index in [2.05, 4.69) is 20.6 Å². The summed E-state index contributed by atoms with van der Waals surface area (Å²) in [4.78, 5) is 47.2. The maximum atomic E-state index is 13.2. The molecular weight excluding hydrogens is 498 g/mol. The zero-order valence-corrected chi connectivity index (χ0v) is 21.2. The first-order valence-electron chi connectivity index (χ1n) is 11.8. The molecule has 1 unspecified atom stereocenters. The number of nitrogens with two attached hydrogens (primary N) is 1. The van der Waals surface area contributed by atoms with Gasteiger partial charge in [-0.05, 0) is 50.5 Å². The predicted octanol–water partition coefficient (Wildman–Crippen LogP) is 3.62. The SMILES string of the molecule is CC(C)n1cc(Nc2nc(N3CCCC(NC(=O)O)C3)ncc2C(N)=O)cc(-c2ccc(Cl)cc2)c1=O. The second kappa shape index (κ2) is 10.9. The Hall–Kier alpha value is -4.12. The fourth-order valence-electron chi connectivity index (χ4n) is 4.28. The number of hydrogen-bond acceptors (Lipinski definition) is 7. The van der Waals surface area contributed by atoms with Crippen molar-refractivity contribution in [1.29, 1.82) is 0 Å². The summed E-state index contributed by atoms with van der Waals surface area (Å²) in [6.07, 6.45) is 3.37. The summed E-state index contributed by atoms with van der Waals surface area (Å²) >= 11 is 6.03. The van der Waals surface area contributed by atoms with Gasteiger partial charge in [0, 0.05) is 48.2 Å². The molecule has 1 aliphatic heterocycles. The van der Waals surface area contributed by atoms with Crippen LogP contribution in [0.15, 0.2) is 47.5 Å². The molecule has 12 heteroatoms. The van der Waals surface area contributed by atoms with E-state index >= 15 is 0 Å². The number of benzene rings is 1. The van der Waals surface area contributed by atoms with Crippen LogP contribution in [0.2, 0.25) is 5.02 Å². The van der Waals surface area contributed by atoms with Crippen molar-refractivity contribution in [2.75, 3.05) is 23.3 Å². The number of carbonyl (C=O) groups is 2. The van der Waals surface area contributed by atoms with Crippen molar-refractivity contribution in [2.45, 2.75) is 38.8 Å². The van der Waals surface area contributed by atoms with E-state index in [1.807, 2.05) is 18.7 Å². The number of primary amides is 1. The van der Waals surface area contributed by atoms with E-state index in [-0.39, 0.29) is 29.0 Å². The average molecular weight is 526 g/mol. The molecule has 11 nitrogen and oxygen atoms in total. The van der Waals surface area contributed by atoms with Gasteiger partial charge in [0.1, 0.15) is 11.4 Å². The Bertz CT molecular complexity index is 1370. The van der Waals surface area contributed by atoms with E-state index in [1.54, 1.807) is 41.1 Å². The molecule has 1 fully saturated rings. The van der Waals surface area contributed by atoms with Gasteiger partial charge < -0.3 is 30.9 Å². The van der Waals surface area contributed by atoms with E-state index in [1.165, 1.54) is 6.20 Å². The minimum absolute atomic E-state index is 0.0799. The number of nitrogens with one attached hydrogen (secondary N) is 2. The van der Waals surface area contributed by atoms with Gasteiger partial charge in [0.05, 0.1) is 5.69 Å². The molecule has 4 rings (SSSR count). The van der Waals surface area contributed by atoms with Crippen LogP contribution >= 0.6 is 11.6 Å². The first-order chi connectivity index (χ1) is 17.6. The Morgan fingerprint density at radius 1 is 1.24 bits per heavy atom. The Morgan fingerprint density at radius 3 is 2.62 bits per heavy atom. The molecule has 0 radical (unpaired) electrons.